The van der Waals surface area contributed by atoms with Gasteiger partial charge in [-0.3, -0.25) is 0 Å². The van der Waals surface area contributed by atoms with Crippen molar-refractivity contribution in [2.75, 3.05) is 0 Å². The lowest BCUT2D eigenvalue weighted by atomic mass is 10.00. The number of hydrogen-bond donors (Lipinski definition) is 1. The number of rotatable bonds is 9. The fourth-order valence-electron chi connectivity index (χ4n) is 1.50. The van der Waals surface area contributed by atoms with Crippen LogP contribution in [0.1, 0.15) is 39.0 Å². The molecule has 0 aromatic carbocycles. The Bertz CT molecular complexity index is 318. The molecule has 1 nitrogen and oxygen atoms in total. The maximum Gasteiger partial charge on any atom is 0.000744 e. The highest BCUT2D eigenvalue weighted by molar-refractivity contribution is 5.39. The van der Waals surface area contributed by atoms with Gasteiger partial charge >= 0.3 is 0 Å². The van der Waals surface area contributed by atoms with E-state index in [1.165, 1.54) is 5.57 Å². The van der Waals surface area contributed by atoms with Gasteiger partial charge in [0, 0.05) is 5.70 Å². The van der Waals surface area contributed by atoms with Gasteiger partial charge in [-0.25, -0.2) is 0 Å². The molecule has 94 valence electrons. The summed E-state index contributed by atoms with van der Waals surface area (Å²) in [5, 5.41) is 0. The number of unbranched alkanes of at least 4 members (excludes halogenated alkanes) is 1. The molecule has 0 amide bonds. The van der Waals surface area contributed by atoms with E-state index in [1.54, 1.807) is 0 Å². The SMILES string of the molecule is C=C/C=C(\C=C/CC)C(=C)CCCCC(=C)N. The zero-order valence-electron chi connectivity index (χ0n) is 11.0. The summed E-state index contributed by atoms with van der Waals surface area (Å²) < 4.78 is 0. The third-order valence-corrected chi connectivity index (χ3v) is 2.47. The Morgan fingerprint density at radius 2 is 1.82 bits per heavy atom. The van der Waals surface area contributed by atoms with Gasteiger partial charge in [0.15, 0.2) is 0 Å². The Morgan fingerprint density at radius 3 is 2.35 bits per heavy atom. The lowest BCUT2D eigenvalue weighted by Crippen LogP contribution is -1.94. The third-order valence-electron chi connectivity index (χ3n) is 2.47. The molecule has 0 aliphatic carbocycles. The van der Waals surface area contributed by atoms with Crippen LogP contribution in [0.25, 0.3) is 0 Å². The van der Waals surface area contributed by atoms with Gasteiger partial charge in [-0.1, -0.05) is 51.0 Å². The molecule has 0 rings (SSSR count). The third kappa shape index (κ3) is 8.32. The first-order chi connectivity index (χ1) is 8.11. The smallest absolute Gasteiger partial charge is 0.000744 e. The lowest BCUT2D eigenvalue weighted by molar-refractivity contribution is 0.727. The second-order valence-electron chi connectivity index (χ2n) is 4.14. The van der Waals surface area contributed by atoms with Crippen molar-refractivity contribution in [1.29, 1.82) is 0 Å². The summed E-state index contributed by atoms with van der Waals surface area (Å²) in [5.41, 5.74) is 8.64. The van der Waals surface area contributed by atoms with Crippen LogP contribution in [0.3, 0.4) is 0 Å². The van der Waals surface area contributed by atoms with Gasteiger partial charge in [-0.15, -0.1) is 0 Å². The van der Waals surface area contributed by atoms with Crippen LogP contribution in [0.4, 0.5) is 0 Å². The Morgan fingerprint density at radius 1 is 1.18 bits per heavy atom. The first kappa shape index (κ1) is 15.5. The van der Waals surface area contributed by atoms with E-state index in [-0.39, 0.29) is 0 Å². The molecule has 17 heavy (non-hydrogen) atoms. The van der Waals surface area contributed by atoms with Gasteiger partial charge in [0.1, 0.15) is 0 Å². The van der Waals surface area contributed by atoms with Gasteiger partial charge in [0.05, 0.1) is 0 Å². The van der Waals surface area contributed by atoms with Crippen molar-refractivity contribution in [3.8, 4) is 0 Å². The molecule has 0 radical (unpaired) electrons. The van der Waals surface area contributed by atoms with Crippen LogP contribution in [-0.2, 0) is 0 Å². The molecule has 2 N–H and O–H groups in total. The molecule has 0 fully saturated rings. The van der Waals surface area contributed by atoms with Crippen LogP contribution < -0.4 is 5.73 Å². The van der Waals surface area contributed by atoms with Crippen molar-refractivity contribution in [1.82, 2.24) is 0 Å². The minimum atomic E-state index is 0.767. The number of allylic oxidation sites excluding steroid dienone is 7. The van der Waals surface area contributed by atoms with Gasteiger partial charge in [0.2, 0.25) is 0 Å². The zero-order valence-corrected chi connectivity index (χ0v) is 11.0. The highest BCUT2D eigenvalue weighted by Gasteiger charge is 1.99. The number of hydrogen-bond acceptors (Lipinski definition) is 1. The molecule has 0 bridgehead atoms. The average molecular weight is 231 g/mol. The van der Waals surface area contributed by atoms with E-state index in [0.29, 0.717) is 0 Å². The summed E-state index contributed by atoms with van der Waals surface area (Å²) in [6.07, 6.45) is 13.2. The summed E-state index contributed by atoms with van der Waals surface area (Å²) in [5.74, 6) is 0. The molecular weight excluding hydrogens is 206 g/mol. The average Bonchev–Trinajstić information content (AvgIpc) is 2.29. The van der Waals surface area contributed by atoms with E-state index >= 15 is 0 Å². The molecule has 1 heteroatoms. The van der Waals surface area contributed by atoms with Crippen LogP contribution in [0.5, 0.6) is 0 Å². The van der Waals surface area contributed by atoms with Crippen molar-refractivity contribution >= 4 is 0 Å². The van der Waals surface area contributed by atoms with E-state index in [9.17, 15) is 0 Å². The lowest BCUT2D eigenvalue weighted by Gasteiger charge is -2.06. The summed E-state index contributed by atoms with van der Waals surface area (Å²) in [6.45, 7) is 13.7. The van der Waals surface area contributed by atoms with Crippen LogP contribution in [0, 0.1) is 0 Å². The van der Waals surface area contributed by atoms with Crippen molar-refractivity contribution in [3.05, 3.63) is 60.9 Å². The molecule has 0 aromatic rings. The fraction of sp³-hybridized carbons (Fsp3) is 0.375. The van der Waals surface area contributed by atoms with E-state index < -0.39 is 0 Å². The zero-order chi connectivity index (χ0) is 13.1. The molecule has 0 aliphatic rings. The normalized spacial score (nSPS) is 11.7. The molecule has 0 unspecified atom stereocenters. The first-order valence-corrected chi connectivity index (χ1v) is 6.22. The predicted molar refractivity (Wildman–Crippen MR) is 78.6 cm³/mol. The topological polar surface area (TPSA) is 26.0 Å². The summed E-state index contributed by atoms with van der Waals surface area (Å²) >= 11 is 0. The Kier molecular flexibility index (Phi) is 8.85. The highest BCUT2D eigenvalue weighted by atomic mass is 14.5. The summed E-state index contributed by atoms with van der Waals surface area (Å²) in [4.78, 5) is 0. The molecule has 0 aliphatic heterocycles. The van der Waals surface area contributed by atoms with Crippen LogP contribution in [0.2, 0.25) is 0 Å². The van der Waals surface area contributed by atoms with Crippen molar-refractivity contribution in [2.24, 2.45) is 5.73 Å². The standard InChI is InChI=1S/C16H25N/c1-5-7-13-16(10-6-2)14(3)11-8-9-12-15(4)17/h6-7,10,13H,2-5,8-9,11-12,17H2,1H3/b13-7-,16-10+. The monoisotopic (exact) mass is 231 g/mol. The molecule has 0 aromatic heterocycles. The quantitative estimate of drug-likeness (QED) is 0.453. The minimum Gasteiger partial charge on any atom is -0.403 e. The van der Waals surface area contributed by atoms with E-state index in [0.717, 1.165) is 43.4 Å². The maximum absolute atomic E-state index is 5.53. The second kappa shape index (κ2) is 9.71. The summed E-state index contributed by atoms with van der Waals surface area (Å²) in [7, 11) is 0. The van der Waals surface area contributed by atoms with Gasteiger partial charge in [-0.2, -0.15) is 0 Å². The molecule has 0 heterocycles. The predicted octanol–water partition coefficient (Wildman–Crippen LogP) is 4.65. The maximum atomic E-state index is 5.53. The van der Waals surface area contributed by atoms with Gasteiger partial charge < -0.3 is 5.73 Å². The van der Waals surface area contributed by atoms with Crippen molar-refractivity contribution in [3.63, 3.8) is 0 Å². The van der Waals surface area contributed by atoms with Gasteiger partial charge in [0.25, 0.3) is 0 Å². The van der Waals surface area contributed by atoms with E-state index in [1.807, 2.05) is 12.2 Å². The molecule has 0 saturated carbocycles. The van der Waals surface area contributed by atoms with Crippen LogP contribution in [-0.4, -0.2) is 0 Å². The van der Waals surface area contributed by atoms with E-state index in [2.05, 4.69) is 38.8 Å². The Hall–Kier alpha value is -1.50. The summed E-state index contributed by atoms with van der Waals surface area (Å²) in [6, 6.07) is 0. The molecule has 0 saturated heterocycles. The first-order valence-electron chi connectivity index (χ1n) is 6.22. The largest absolute Gasteiger partial charge is 0.403 e. The second-order valence-corrected chi connectivity index (χ2v) is 4.14. The van der Waals surface area contributed by atoms with Crippen LogP contribution >= 0.6 is 0 Å². The van der Waals surface area contributed by atoms with Crippen molar-refractivity contribution < 1.29 is 0 Å². The van der Waals surface area contributed by atoms with Crippen molar-refractivity contribution in [2.45, 2.75) is 39.0 Å². The minimum absolute atomic E-state index is 0.767. The fourth-order valence-corrected chi connectivity index (χ4v) is 1.50. The van der Waals surface area contributed by atoms with Crippen LogP contribution in [0.15, 0.2) is 60.9 Å². The Labute approximate surface area is 106 Å². The number of nitrogens with two attached hydrogens (primary N) is 1. The highest BCUT2D eigenvalue weighted by Crippen LogP contribution is 2.18. The molecule has 0 atom stereocenters. The Balaban J connectivity index is 4.16. The molecule has 0 spiro atoms. The van der Waals surface area contributed by atoms with E-state index in [4.69, 9.17) is 5.73 Å². The molecular formula is C16H25N. The van der Waals surface area contributed by atoms with Gasteiger partial charge in [-0.05, 0) is 43.3 Å².